The molecule has 2 atom stereocenters. The molecule has 2 unspecified atom stereocenters. The third-order valence-electron chi connectivity index (χ3n) is 15.9. The zero-order valence-corrected chi connectivity index (χ0v) is 51.3. The quantitative estimate of drug-likeness (QED) is 0.0320. The van der Waals surface area contributed by atoms with E-state index in [1.54, 1.807) is 6.08 Å². The number of aliphatic hydroxyl groups is 2. The number of esters is 1. The molecular formula is C70H133NO5. The fraction of sp³-hybridized carbons (Fsp3) is 0.886. The van der Waals surface area contributed by atoms with Crippen LogP contribution < -0.4 is 5.32 Å². The Hall–Kier alpha value is -1.92. The highest BCUT2D eigenvalue weighted by molar-refractivity contribution is 5.76. The lowest BCUT2D eigenvalue weighted by atomic mass is 10.0. The summed E-state index contributed by atoms with van der Waals surface area (Å²) in [5.74, 6) is -0.0486. The maximum Gasteiger partial charge on any atom is 0.305 e. The van der Waals surface area contributed by atoms with Crippen LogP contribution in [-0.4, -0.2) is 47.4 Å². The van der Waals surface area contributed by atoms with Crippen molar-refractivity contribution >= 4 is 11.9 Å². The number of unbranched alkanes of at least 4 members (excludes halogenated alkanes) is 49. The van der Waals surface area contributed by atoms with E-state index >= 15 is 0 Å². The summed E-state index contributed by atoms with van der Waals surface area (Å²) < 4.78 is 5.51. The fourth-order valence-electron chi connectivity index (χ4n) is 10.7. The molecule has 3 N–H and O–H groups in total. The fourth-order valence-corrected chi connectivity index (χ4v) is 10.7. The van der Waals surface area contributed by atoms with Crippen molar-refractivity contribution in [1.29, 1.82) is 0 Å². The summed E-state index contributed by atoms with van der Waals surface area (Å²) in [6.45, 7) is 4.87. The second kappa shape index (κ2) is 65.6. The summed E-state index contributed by atoms with van der Waals surface area (Å²) in [5.41, 5.74) is 0. The molecule has 6 heteroatoms. The number of ether oxygens (including phenoxy) is 1. The normalized spacial score (nSPS) is 12.7. The van der Waals surface area contributed by atoms with Gasteiger partial charge < -0.3 is 20.3 Å². The summed E-state index contributed by atoms with van der Waals surface area (Å²) >= 11 is 0. The Morgan fingerprint density at radius 1 is 0.368 bits per heavy atom. The molecule has 0 aliphatic heterocycles. The van der Waals surface area contributed by atoms with E-state index in [0.29, 0.717) is 19.4 Å². The number of hydrogen-bond acceptors (Lipinski definition) is 5. The van der Waals surface area contributed by atoms with Crippen molar-refractivity contribution in [2.24, 2.45) is 0 Å². The molecule has 0 radical (unpaired) electrons. The van der Waals surface area contributed by atoms with Crippen molar-refractivity contribution < 1.29 is 24.5 Å². The van der Waals surface area contributed by atoms with Crippen LogP contribution in [0.1, 0.15) is 373 Å². The van der Waals surface area contributed by atoms with Gasteiger partial charge in [0.2, 0.25) is 5.91 Å². The highest BCUT2D eigenvalue weighted by Crippen LogP contribution is 2.18. The minimum absolute atomic E-state index is 0.0167. The van der Waals surface area contributed by atoms with E-state index in [2.05, 4.69) is 43.5 Å². The summed E-state index contributed by atoms with van der Waals surface area (Å²) in [7, 11) is 0. The second-order valence-corrected chi connectivity index (χ2v) is 23.5. The molecule has 1 amide bonds. The molecule has 0 aromatic carbocycles. The standard InChI is InChI=1S/C70H133NO5/c1-3-5-7-9-11-13-14-15-16-17-31-35-38-41-44-48-52-56-60-64-70(75)76-65-61-57-53-49-45-42-39-36-33-30-28-26-24-22-20-18-19-21-23-25-27-29-32-34-37-40-43-47-51-55-59-63-69(74)71-67(66-72)68(73)62-58-54-50-46-12-10-8-6-4-2/h11,13,15-16,58,62,67-68,72-73H,3-10,12,14,17-57,59-61,63-66H2,1-2H3,(H,71,74)/b13-11-,16-15-,62-58+. The maximum absolute atomic E-state index is 12.4. The third-order valence-corrected chi connectivity index (χ3v) is 15.9. The topological polar surface area (TPSA) is 95.9 Å². The molecule has 6 nitrogen and oxygen atoms in total. The van der Waals surface area contributed by atoms with E-state index in [1.165, 1.54) is 295 Å². The summed E-state index contributed by atoms with van der Waals surface area (Å²) in [5, 5.41) is 23.0. The average Bonchev–Trinajstić information content (AvgIpc) is 3.42. The maximum atomic E-state index is 12.4. The van der Waals surface area contributed by atoms with Crippen LogP contribution >= 0.6 is 0 Å². The molecule has 0 aromatic rings. The number of amides is 1. The molecule has 0 aromatic heterocycles. The third kappa shape index (κ3) is 61.3. The predicted molar refractivity (Wildman–Crippen MR) is 333 cm³/mol. The molecule has 76 heavy (non-hydrogen) atoms. The van der Waals surface area contributed by atoms with Gasteiger partial charge in [-0.25, -0.2) is 0 Å². The van der Waals surface area contributed by atoms with Gasteiger partial charge in [0.25, 0.3) is 0 Å². The molecule has 0 heterocycles. The first-order chi connectivity index (χ1) is 37.5. The van der Waals surface area contributed by atoms with Gasteiger partial charge in [0.15, 0.2) is 0 Å². The van der Waals surface area contributed by atoms with Gasteiger partial charge in [0.05, 0.1) is 25.4 Å². The number of rotatable bonds is 64. The Kier molecular flexibility index (Phi) is 63.9. The minimum Gasteiger partial charge on any atom is -0.466 e. The second-order valence-electron chi connectivity index (χ2n) is 23.5. The van der Waals surface area contributed by atoms with Gasteiger partial charge in [0.1, 0.15) is 0 Å². The van der Waals surface area contributed by atoms with E-state index in [-0.39, 0.29) is 18.5 Å². The first kappa shape index (κ1) is 74.1. The molecule has 0 rings (SSSR count). The highest BCUT2D eigenvalue weighted by Gasteiger charge is 2.18. The lowest BCUT2D eigenvalue weighted by Gasteiger charge is -2.20. The van der Waals surface area contributed by atoms with Crippen LogP contribution in [0, 0.1) is 0 Å². The lowest BCUT2D eigenvalue weighted by molar-refractivity contribution is -0.143. The van der Waals surface area contributed by atoms with Crippen molar-refractivity contribution in [3.8, 4) is 0 Å². The Bertz CT molecular complexity index is 1230. The predicted octanol–water partition coefficient (Wildman–Crippen LogP) is 21.9. The van der Waals surface area contributed by atoms with Gasteiger partial charge in [-0.15, -0.1) is 0 Å². The van der Waals surface area contributed by atoms with Gasteiger partial charge in [0, 0.05) is 12.8 Å². The molecule has 0 fully saturated rings. The molecule has 0 saturated carbocycles. The van der Waals surface area contributed by atoms with E-state index in [0.717, 1.165) is 51.4 Å². The van der Waals surface area contributed by atoms with Gasteiger partial charge in [-0.2, -0.15) is 0 Å². The summed E-state index contributed by atoms with van der Waals surface area (Å²) in [6.07, 6.45) is 83.8. The first-order valence-corrected chi connectivity index (χ1v) is 34.3. The number of carbonyl (C=O) groups is 2. The van der Waals surface area contributed by atoms with Crippen LogP contribution in [0.5, 0.6) is 0 Å². The molecule has 448 valence electrons. The largest absolute Gasteiger partial charge is 0.466 e. The van der Waals surface area contributed by atoms with E-state index in [1.807, 2.05) is 6.08 Å². The summed E-state index contributed by atoms with van der Waals surface area (Å²) in [4.78, 5) is 24.5. The van der Waals surface area contributed by atoms with Crippen molar-refractivity contribution in [2.75, 3.05) is 13.2 Å². The van der Waals surface area contributed by atoms with Crippen molar-refractivity contribution in [3.63, 3.8) is 0 Å². The van der Waals surface area contributed by atoms with Gasteiger partial charge in [-0.05, 0) is 64.2 Å². The molecular weight excluding hydrogens is 935 g/mol. The van der Waals surface area contributed by atoms with E-state index < -0.39 is 12.1 Å². The van der Waals surface area contributed by atoms with Crippen LogP contribution in [0.4, 0.5) is 0 Å². The van der Waals surface area contributed by atoms with Crippen molar-refractivity contribution in [1.82, 2.24) is 5.32 Å². The molecule has 0 aliphatic rings. The van der Waals surface area contributed by atoms with E-state index in [4.69, 9.17) is 4.74 Å². The Labute approximate surface area is 474 Å². The number of carbonyl (C=O) groups excluding carboxylic acids is 2. The Balaban J connectivity index is 3.30. The van der Waals surface area contributed by atoms with Gasteiger partial charge in [-0.3, -0.25) is 9.59 Å². The van der Waals surface area contributed by atoms with Crippen molar-refractivity contribution in [3.05, 3.63) is 36.5 Å². The first-order valence-electron chi connectivity index (χ1n) is 34.3. The number of aliphatic hydroxyl groups excluding tert-OH is 2. The van der Waals surface area contributed by atoms with Gasteiger partial charge in [-0.1, -0.05) is 333 Å². The zero-order chi connectivity index (χ0) is 55.0. The van der Waals surface area contributed by atoms with Crippen LogP contribution in [0.3, 0.4) is 0 Å². The number of nitrogens with one attached hydrogen (secondary N) is 1. The van der Waals surface area contributed by atoms with Crippen LogP contribution in [0.15, 0.2) is 36.5 Å². The number of hydrogen-bond donors (Lipinski definition) is 3. The minimum atomic E-state index is -0.839. The van der Waals surface area contributed by atoms with Gasteiger partial charge >= 0.3 is 5.97 Å². The molecule has 0 bridgehead atoms. The SMILES string of the molecule is CCCCC/C=C\C/C=C\CCCCCCCCCCCC(=O)OCCCCCCCCCCCCCCCCCCCCCCCCCCCCCCCCCC(=O)NC(CO)C(O)/C=C/CCCCCCCCC. The Morgan fingerprint density at radius 2 is 0.658 bits per heavy atom. The Morgan fingerprint density at radius 3 is 1.03 bits per heavy atom. The lowest BCUT2D eigenvalue weighted by Crippen LogP contribution is -2.45. The molecule has 0 saturated heterocycles. The van der Waals surface area contributed by atoms with Crippen LogP contribution in [-0.2, 0) is 14.3 Å². The van der Waals surface area contributed by atoms with Crippen LogP contribution in [0.2, 0.25) is 0 Å². The average molecular weight is 1070 g/mol. The smallest absolute Gasteiger partial charge is 0.305 e. The van der Waals surface area contributed by atoms with E-state index in [9.17, 15) is 19.8 Å². The molecule has 0 spiro atoms. The highest BCUT2D eigenvalue weighted by atomic mass is 16.5. The zero-order valence-electron chi connectivity index (χ0n) is 51.3. The number of allylic oxidation sites excluding steroid dienone is 5. The van der Waals surface area contributed by atoms with Crippen LogP contribution in [0.25, 0.3) is 0 Å². The monoisotopic (exact) mass is 1070 g/mol. The molecule has 0 aliphatic carbocycles. The van der Waals surface area contributed by atoms with Crippen molar-refractivity contribution in [2.45, 2.75) is 386 Å². The summed E-state index contributed by atoms with van der Waals surface area (Å²) in [6, 6.07) is -0.622.